The maximum absolute atomic E-state index is 12.3. The minimum Gasteiger partial charge on any atom is -0.444 e. The molecule has 0 bridgehead atoms. The molecule has 3 N–H and O–H groups in total. The van der Waals surface area contributed by atoms with Crippen molar-refractivity contribution in [2.24, 2.45) is 5.92 Å². The third kappa shape index (κ3) is 7.14. The highest BCUT2D eigenvalue weighted by Crippen LogP contribution is 2.33. The molecule has 0 aliphatic heterocycles. The van der Waals surface area contributed by atoms with E-state index in [0.717, 1.165) is 19.3 Å². The Balaban J connectivity index is 1.67. The molecule has 0 unspecified atom stereocenters. The van der Waals surface area contributed by atoms with Crippen LogP contribution in [0.5, 0.6) is 0 Å². The van der Waals surface area contributed by atoms with Gasteiger partial charge in [-0.3, -0.25) is 20.4 Å². The van der Waals surface area contributed by atoms with E-state index in [9.17, 15) is 14.4 Å². The van der Waals surface area contributed by atoms with E-state index in [2.05, 4.69) is 23.1 Å². The van der Waals surface area contributed by atoms with Gasteiger partial charge >= 0.3 is 6.09 Å². The minimum atomic E-state index is -0.551. The van der Waals surface area contributed by atoms with Crippen molar-refractivity contribution in [2.45, 2.75) is 71.8 Å². The Bertz CT molecular complexity index is 709. The van der Waals surface area contributed by atoms with Gasteiger partial charge in [0, 0.05) is 17.8 Å². The van der Waals surface area contributed by atoms with E-state index in [1.54, 1.807) is 20.8 Å². The van der Waals surface area contributed by atoms with Gasteiger partial charge in [-0.25, -0.2) is 4.79 Å². The molecule has 28 heavy (non-hydrogen) atoms. The molecule has 1 aliphatic carbocycles. The number of fused-ring (bicyclic) bond motifs is 1. The molecule has 1 atom stereocenters. The summed E-state index contributed by atoms with van der Waals surface area (Å²) in [5, 5.41) is 2.59. The number of hydrazine groups is 1. The second-order valence-electron chi connectivity index (χ2n) is 8.11. The number of thiophene rings is 1. The van der Waals surface area contributed by atoms with E-state index < -0.39 is 11.7 Å². The van der Waals surface area contributed by atoms with Crippen LogP contribution in [-0.2, 0) is 22.4 Å². The minimum absolute atomic E-state index is 0.190. The van der Waals surface area contributed by atoms with Crippen molar-refractivity contribution in [3.8, 4) is 0 Å². The molecule has 3 amide bonds. The lowest BCUT2D eigenvalue weighted by Gasteiger charge is -2.19. The van der Waals surface area contributed by atoms with Gasteiger partial charge in [-0.2, -0.15) is 0 Å². The number of carbonyl (C=O) groups excluding carboxylic acids is 3. The fraction of sp³-hybridized carbons (Fsp3) is 0.650. The van der Waals surface area contributed by atoms with Crippen molar-refractivity contribution in [2.75, 3.05) is 6.54 Å². The van der Waals surface area contributed by atoms with E-state index in [0.29, 0.717) is 23.8 Å². The molecule has 1 aromatic heterocycles. The van der Waals surface area contributed by atoms with Gasteiger partial charge in [0.2, 0.25) is 5.91 Å². The Morgan fingerprint density at radius 2 is 2.00 bits per heavy atom. The topological polar surface area (TPSA) is 96.5 Å². The number of hydrogen-bond acceptors (Lipinski definition) is 5. The number of carbonyl (C=O) groups is 3. The third-order valence-corrected chi connectivity index (χ3v) is 5.79. The van der Waals surface area contributed by atoms with Crippen molar-refractivity contribution in [3.05, 3.63) is 21.4 Å². The van der Waals surface area contributed by atoms with Crippen molar-refractivity contribution in [1.82, 2.24) is 16.2 Å². The van der Waals surface area contributed by atoms with Crippen LogP contribution in [0.15, 0.2) is 6.07 Å². The number of amides is 3. The van der Waals surface area contributed by atoms with Gasteiger partial charge in [-0.1, -0.05) is 13.3 Å². The molecule has 8 heteroatoms. The molecular weight excluding hydrogens is 378 g/mol. The van der Waals surface area contributed by atoms with Gasteiger partial charge in [0.1, 0.15) is 5.60 Å². The third-order valence-electron chi connectivity index (χ3n) is 4.55. The Labute approximate surface area is 170 Å². The van der Waals surface area contributed by atoms with E-state index in [1.807, 2.05) is 6.07 Å². The van der Waals surface area contributed by atoms with Gasteiger partial charge < -0.3 is 10.1 Å². The van der Waals surface area contributed by atoms with Gasteiger partial charge in [-0.15, -0.1) is 11.3 Å². The molecule has 1 aromatic rings. The Morgan fingerprint density at radius 3 is 2.68 bits per heavy atom. The highest BCUT2D eigenvalue weighted by atomic mass is 32.1. The molecule has 0 spiro atoms. The molecule has 0 saturated heterocycles. The summed E-state index contributed by atoms with van der Waals surface area (Å²) in [6.07, 6.45) is 4.54. The zero-order chi connectivity index (χ0) is 20.7. The van der Waals surface area contributed by atoms with Crippen LogP contribution in [0.2, 0.25) is 0 Å². The fourth-order valence-electron chi connectivity index (χ4n) is 3.06. The zero-order valence-corrected chi connectivity index (χ0v) is 18.0. The first-order valence-corrected chi connectivity index (χ1v) is 10.7. The largest absolute Gasteiger partial charge is 0.444 e. The number of ether oxygens (including phenoxy) is 1. The summed E-state index contributed by atoms with van der Waals surface area (Å²) in [4.78, 5) is 37.6. The number of aryl methyl sites for hydroxylation is 1. The second-order valence-corrected chi connectivity index (χ2v) is 9.25. The Morgan fingerprint density at radius 1 is 1.25 bits per heavy atom. The molecule has 0 saturated carbocycles. The van der Waals surface area contributed by atoms with Crippen molar-refractivity contribution in [3.63, 3.8) is 0 Å². The van der Waals surface area contributed by atoms with Crippen molar-refractivity contribution in [1.29, 1.82) is 0 Å². The predicted octanol–water partition coefficient (Wildman–Crippen LogP) is 3.33. The maximum atomic E-state index is 12.3. The smallest absolute Gasteiger partial charge is 0.407 e. The summed E-state index contributed by atoms with van der Waals surface area (Å²) in [5.41, 5.74) is 5.63. The van der Waals surface area contributed by atoms with Crippen LogP contribution in [-0.4, -0.2) is 30.1 Å². The zero-order valence-electron chi connectivity index (χ0n) is 17.1. The van der Waals surface area contributed by atoms with E-state index in [1.165, 1.54) is 28.2 Å². The van der Waals surface area contributed by atoms with Gasteiger partial charge in [0.25, 0.3) is 5.91 Å². The highest BCUT2D eigenvalue weighted by molar-refractivity contribution is 7.14. The van der Waals surface area contributed by atoms with Crippen molar-refractivity contribution >= 4 is 29.2 Å². The molecule has 1 aliphatic rings. The van der Waals surface area contributed by atoms with E-state index in [4.69, 9.17) is 4.74 Å². The van der Waals surface area contributed by atoms with E-state index >= 15 is 0 Å². The summed E-state index contributed by atoms with van der Waals surface area (Å²) in [5.74, 6) is 0.117. The van der Waals surface area contributed by atoms with Crippen LogP contribution < -0.4 is 16.2 Å². The monoisotopic (exact) mass is 409 g/mol. The summed E-state index contributed by atoms with van der Waals surface area (Å²) in [7, 11) is 0. The molecule has 7 nitrogen and oxygen atoms in total. The lowest BCUT2D eigenvalue weighted by atomic mass is 9.87. The average Bonchev–Trinajstić information content (AvgIpc) is 3.05. The Hall–Kier alpha value is -2.09. The number of nitrogens with one attached hydrogen (secondary N) is 3. The lowest BCUT2D eigenvalue weighted by Crippen LogP contribution is -2.41. The first-order chi connectivity index (χ1) is 13.2. The molecule has 156 valence electrons. The van der Waals surface area contributed by atoms with Gasteiger partial charge in [0.05, 0.1) is 4.88 Å². The molecule has 0 fully saturated rings. The van der Waals surface area contributed by atoms with Crippen molar-refractivity contribution < 1.29 is 19.1 Å². The number of alkyl carbamates (subject to hydrolysis) is 1. The number of hydrogen-bond donors (Lipinski definition) is 3. The standard InChI is InChI=1S/C20H31N3O4S/c1-5-13-8-9-15-14(11-13)12-16(28-15)18(25)23-22-17(24)7-6-10-21-19(26)27-20(2,3)4/h12-13H,5-11H2,1-4H3,(H,21,26)(H,22,24)(H,23,25)/t13-/m1/s1. The molecule has 1 heterocycles. The molecular formula is C20H31N3O4S. The normalized spacial score (nSPS) is 16.1. The molecule has 0 radical (unpaired) electrons. The Kier molecular flexibility index (Phi) is 7.86. The fourth-order valence-corrected chi connectivity index (χ4v) is 4.17. The first kappa shape index (κ1) is 22.2. The molecule has 2 rings (SSSR count). The van der Waals surface area contributed by atoms with Crippen LogP contribution >= 0.6 is 11.3 Å². The second kappa shape index (κ2) is 9.91. The molecule has 0 aromatic carbocycles. The lowest BCUT2D eigenvalue weighted by molar-refractivity contribution is -0.121. The van der Waals surface area contributed by atoms with Crippen LogP contribution in [0.1, 0.15) is 73.5 Å². The summed E-state index contributed by atoms with van der Waals surface area (Å²) < 4.78 is 5.11. The van der Waals surface area contributed by atoms with Gasteiger partial charge in [-0.05, 0) is 64.0 Å². The summed E-state index contributed by atoms with van der Waals surface area (Å²) >= 11 is 1.51. The van der Waals surface area contributed by atoms with Crippen LogP contribution in [0.4, 0.5) is 4.79 Å². The average molecular weight is 410 g/mol. The SMILES string of the molecule is CC[C@@H]1CCc2sc(C(=O)NNC(=O)CCCNC(=O)OC(C)(C)C)cc2C1. The van der Waals surface area contributed by atoms with Gasteiger partial charge in [0.15, 0.2) is 0 Å². The van der Waals surface area contributed by atoms with Crippen LogP contribution in [0, 0.1) is 5.92 Å². The summed E-state index contributed by atoms with van der Waals surface area (Å²) in [6.45, 7) is 7.89. The van der Waals surface area contributed by atoms with Crippen LogP contribution in [0.25, 0.3) is 0 Å². The quantitative estimate of drug-likeness (QED) is 0.496. The number of rotatable bonds is 6. The predicted molar refractivity (Wildman–Crippen MR) is 109 cm³/mol. The highest BCUT2D eigenvalue weighted by Gasteiger charge is 2.22. The first-order valence-electron chi connectivity index (χ1n) is 9.85. The van der Waals surface area contributed by atoms with Crippen LogP contribution in [0.3, 0.4) is 0 Å². The van der Waals surface area contributed by atoms with E-state index in [-0.39, 0.29) is 18.2 Å². The maximum Gasteiger partial charge on any atom is 0.407 e. The summed E-state index contributed by atoms with van der Waals surface area (Å²) in [6, 6.07) is 1.95.